The minimum atomic E-state index is -0.990. The van der Waals surface area contributed by atoms with Gasteiger partial charge in [-0.2, -0.15) is 0 Å². The van der Waals surface area contributed by atoms with E-state index in [9.17, 15) is 4.79 Å². The van der Waals surface area contributed by atoms with E-state index in [2.05, 4.69) is 14.8 Å². The molecule has 0 atom stereocenters. The van der Waals surface area contributed by atoms with Gasteiger partial charge in [-0.1, -0.05) is 6.07 Å². The molecule has 7 nitrogen and oxygen atoms in total. The molecule has 1 aliphatic rings. The molecule has 1 aromatic heterocycles. The number of pyridine rings is 1. The Morgan fingerprint density at radius 1 is 1.04 bits per heavy atom. The zero-order valence-corrected chi connectivity index (χ0v) is 13.7. The number of carboxylic acid groups (broad SMARTS) is 1. The molecule has 2 rings (SSSR count). The summed E-state index contributed by atoms with van der Waals surface area (Å²) in [5.74, 6) is -0.990. The molecule has 23 heavy (non-hydrogen) atoms. The predicted octanol–water partition coefficient (Wildman–Crippen LogP) is 0.0814. The van der Waals surface area contributed by atoms with E-state index in [1.165, 1.54) is 51.5 Å². The van der Waals surface area contributed by atoms with Crippen molar-refractivity contribution >= 4 is 5.97 Å². The smallest absolute Gasteiger partial charge is 0.354 e. The Morgan fingerprint density at radius 3 is 1.87 bits per heavy atom. The third-order valence-electron chi connectivity index (χ3n) is 3.71. The molecule has 0 aromatic carbocycles. The highest BCUT2D eigenvalue weighted by Gasteiger charge is 2.15. The lowest BCUT2D eigenvalue weighted by Crippen LogP contribution is -2.47. The molecule has 0 bridgehead atoms. The average molecular weight is 323 g/mol. The van der Waals surface area contributed by atoms with Gasteiger partial charge in [-0.05, 0) is 51.2 Å². The van der Waals surface area contributed by atoms with E-state index >= 15 is 0 Å². The van der Waals surface area contributed by atoms with Crippen LogP contribution >= 0.6 is 0 Å². The lowest BCUT2D eigenvalue weighted by Gasteiger charge is -2.34. The Morgan fingerprint density at radius 2 is 1.57 bits per heavy atom. The molecule has 1 fully saturated rings. The molecule has 2 heterocycles. The largest absolute Gasteiger partial charge is 0.477 e. The highest BCUT2D eigenvalue weighted by atomic mass is 16.4. The molecule has 0 spiro atoms. The summed E-state index contributed by atoms with van der Waals surface area (Å²) in [5.41, 5.74) is 11.1. The zero-order valence-electron chi connectivity index (χ0n) is 13.7. The molecule has 5 N–H and O–H groups in total. The lowest BCUT2D eigenvalue weighted by molar-refractivity contribution is 0.0690. The third-order valence-corrected chi connectivity index (χ3v) is 3.71. The summed E-state index contributed by atoms with van der Waals surface area (Å²) in [6, 6.07) is 4.76. The maximum Gasteiger partial charge on any atom is 0.354 e. The van der Waals surface area contributed by atoms with Crippen LogP contribution in [0.1, 0.15) is 23.3 Å². The maximum absolute atomic E-state index is 10.1. The van der Waals surface area contributed by atoms with Gasteiger partial charge < -0.3 is 26.4 Å². The van der Waals surface area contributed by atoms with Gasteiger partial charge in [0.05, 0.1) is 0 Å². The number of rotatable bonds is 7. The molecule has 130 valence electrons. The summed E-state index contributed by atoms with van der Waals surface area (Å²) in [6.07, 6.45) is 3.70. The first-order chi connectivity index (χ1) is 11.2. The molecular formula is C16H29N5O2. The molecule has 1 aromatic rings. The minimum absolute atomic E-state index is 0.0810. The van der Waals surface area contributed by atoms with Crippen LogP contribution in [0.3, 0.4) is 0 Å². The summed E-state index contributed by atoms with van der Waals surface area (Å²) in [5, 5.41) is 8.32. The number of carbonyl (C=O) groups is 1. The first kappa shape index (κ1) is 19.5. The van der Waals surface area contributed by atoms with Gasteiger partial charge in [0.2, 0.25) is 0 Å². The van der Waals surface area contributed by atoms with Crippen LogP contribution in [-0.4, -0.2) is 78.2 Å². The van der Waals surface area contributed by atoms with Crippen molar-refractivity contribution in [1.29, 1.82) is 0 Å². The van der Waals surface area contributed by atoms with Crippen LogP contribution in [0, 0.1) is 0 Å². The van der Waals surface area contributed by atoms with Gasteiger partial charge >= 0.3 is 5.97 Å². The molecule has 7 heteroatoms. The molecule has 0 radical (unpaired) electrons. The number of hydrogen-bond donors (Lipinski definition) is 3. The van der Waals surface area contributed by atoms with Crippen molar-refractivity contribution in [2.45, 2.75) is 12.8 Å². The van der Waals surface area contributed by atoms with Crippen LogP contribution in [0.25, 0.3) is 0 Å². The molecule has 0 aliphatic carbocycles. The first-order valence-electron chi connectivity index (χ1n) is 8.16. The van der Waals surface area contributed by atoms with Gasteiger partial charge in [0, 0.05) is 32.4 Å². The highest BCUT2D eigenvalue weighted by molar-refractivity contribution is 5.85. The van der Waals surface area contributed by atoms with E-state index in [0.29, 0.717) is 0 Å². The van der Waals surface area contributed by atoms with Crippen LogP contribution in [-0.2, 0) is 0 Å². The van der Waals surface area contributed by atoms with E-state index in [4.69, 9.17) is 16.6 Å². The fourth-order valence-electron chi connectivity index (χ4n) is 2.36. The third kappa shape index (κ3) is 8.61. The molecule has 0 saturated carbocycles. The molecule has 1 aliphatic heterocycles. The van der Waals surface area contributed by atoms with Gasteiger partial charge in [0.15, 0.2) is 0 Å². The van der Waals surface area contributed by atoms with Crippen molar-refractivity contribution in [3.63, 3.8) is 0 Å². The summed E-state index contributed by atoms with van der Waals surface area (Å²) < 4.78 is 0. The number of piperazine rings is 1. The van der Waals surface area contributed by atoms with Gasteiger partial charge in [0.1, 0.15) is 5.69 Å². The second kappa shape index (κ2) is 12.0. The van der Waals surface area contributed by atoms with Crippen molar-refractivity contribution in [2.75, 3.05) is 52.4 Å². The van der Waals surface area contributed by atoms with Crippen molar-refractivity contribution in [3.8, 4) is 0 Å². The summed E-state index contributed by atoms with van der Waals surface area (Å²) in [6.45, 7) is 8.76. The standard InChI is InChI=1S/C10H24N4.C6H5NO2/c11-3-1-5-13-7-9-14(10-8-13)6-2-4-12;8-6(9)5-3-1-2-4-7-5/h1-12H2;1-4H,(H,8,9). The molecule has 1 saturated heterocycles. The SMILES string of the molecule is NCCCN1CCN(CCCN)CC1.O=C(O)c1ccccn1. The topological polar surface area (TPSA) is 109 Å². The van der Waals surface area contributed by atoms with E-state index < -0.39 is 5.97 Å². The maximum atomic E-state index is 10.1. The van der Waals surface area contributed by atoms with Crippen molar-refractivity contribution in [3.05, 3.63) is 30.1 Å². The normalized spacial score (nSPS) is 15.7. The predicted molar refractivity (Wildman–Crippen MR) is 91.4 cm³/mol. The second-order valence-corrected chi connectivity index (χ2v) is 5.49. The van der Waals surface area contributed by atoms with E-state index in [1.807, 2.05) is 0 Å². The first-order valence-corrected chi connectivity index (χ1v) is 8.16. The highest BCUT2D eigenvalue weighted by Crippen LogP contribution is 2.02. The van der Waals surface area contributed by atoms with Crippen molar-refractivity contribution in [2.24, 2.45) is 11.5 Å². The fraction of sp³-hybridized carbons (Fsp3) is 0.625. The van der Waals surface area contributed by atoms with Gasteiger partial charge in [-0.15, -0.1) is 0 Å². The van der Waals surface area contributed by atoms with Crippen molar-refractivity contribution in [1.82, 2.24) is 14.8 Å². The average Bonchev–Trinajstić information content (AvgIpc) is 2.60. The molecule has 0 unspecified atom stereocenters. The van der Waals surface area contributed by atoms with Gasteiger partial charge in [0.25, 0.3) is 0 Å². The number of nitrogens with zero attached hydrogens (tertiary/aromatic N) is 3. The van der Waals surface area contributed by atoms with E-state index in [1.54, 1.807) is 12.1 Å². The number of hydrogen-bond acceptors (Lipinski definition) is 6. The van der Waals surface area contributed by atoms with E-state index in [-0.39, 0.29) is 5.69 Å². The Labute approximate surface area is 138 Å². The molecule has 0 amide bonds. The van der Waals surface area contributed by atoms with Crippen LogP contribution < -0.4 is 11.5 Å². The second-order valence-electron chi connectivity index (χ2n) is 5.49. The van der Waals surface area contributed by atoms with Crippen LogP contribution in [0.15, 0.2) is 24.4 Å². The summed E-state index contributed by atoms with van der Waals surface area (Å²) >= 11 is 0. The Kier molecular flexibility index (Phi) is 10.1. The number of aromatic nitrogens is 1. The van der Waals surface area contributed by atoms with Crippen molar-refractivity contribution < 1.29 is 9.90 Å². The Hall–Kier alpha value is -1.54. The molecular weight excluding hydrogens is 294 g/mol. The summed E-state index contributed by atoms with van der Waals surface area (Å²) in [4.78, 5) is 18.7. The zero-order chi connectivity index (χ0) is 16.9. The van der Waals surface area contributed by atoms with Gasteiger partial charge in [-0.25, -0.2) is 9.78 Å². The quantitative estimate of drug-likeness (QED) is 0.652. The number of aromatic carboxylic acids is 1. The number of nitrogens with two attached hydrogens (primary N) is 2. The number of carboxylic acids is 1. The van der Waals surface area contributed by atoms with E-state index in [0.717, 1.165) is 25.9 Å². The minimum Gasteiger partial charge on any atom is -0.477 e. The summed E-state index contributed by atoms with van der Waals surface area (Å²) in [7, 11) is 0. The lowest BCUT2D eigenvalue weighted by atomic mass is 10.2. The van der Waals surface area contributed by atoms with Crippen LogP contribution in [0.4, 0.5) is 0 Å². The Balaban J connectivity index is 0.000000253. The van der Waals surface area contributed by atoms with Gasteiger partial charge in [-0.3, -0.25) is 0 Å². The van der Waals surface area contributed by atoms with Crippen LogP contribution in [0.2, 0.25) is 0 Å². The Bertz CT molecular complexity index is 406. The van der Waals surface area contributed by atoms with Crippen LogP contribution in [0.5, 0.6) is 0 Å². The monoisotopic (exact) mass is 323 g/mol. The fourth-order valence-corrected chi connectivity index (χ4v) is 2.36.